The van der Waals surface area contributed by atoms with Crippen molar-refractivity contribution >= 4 is 39.6 Å². The van der Waals surface area contributed by atoms with Gasteiger partial charge in [0.15, 0.2) is 0 Å². The lowest BCUT2D eigenvalue weighted by molar-refractivity contribution is 0.873. The Morgan fingerprint density at radius 2 is 1.58 bits per heavy atom. The smallest absolute Gasteiger partial charge is 0.0340 e. The molecular formula is C19H27N3S2. The van der Waals surface area contributed by atoms with E-state index >= 15 is 0 Å². The second-order valence-electron chi connectivity index (χ2n) is 4.83. The highest BCUT2D eigenvalue weighted by molar-refractivity contribution is 8.76. The quantitative estimate of drug-likeness (QED) is 0.248. The van der Waals surface area contributed by atoms with E-state index in [0.717, 1.165) is 24.6 Å². The van der Waals surface area contributed by atoms with E-state index in [1.54, 1.807) is 13.3 Å². The van der Waals surface area contributed by atoms with Crippen LogP contribution in [0.15, 0.2) is 59.6 Å². The molecule has 0 spiro atoms. The fraction of sp³-hybridized carbons (Fsp3) is 0.316. The van der Waals surface area contributed by atoms with E-state index in [4.69, 9.17) is 0 Å². The van der Waals surface area contributed by atoms with Crippen molar-refractivity contribution in [2.75, 3.05) is 44.0 Å². The van der Waals surface area contributed by atoms with E-state index in [0.29, 0.717) is 0 Å². The SMILES string of the molecule is C/N=C/C=C\C=C\C=C\c1ccc(NCCSSCCNC)cc1. The summed E-state index contributed by atoms with van der Waals surface area (Å²) in [4.78, 5) is 3.88. The average molecular weight is 362 g/mol. The predicted octanol–water partition coefficient (Wildman–Crippen LogP) is 4.53. The van der Waals surface area contributed by atoms with Crippen LogP contribution in [0.4, 0.5) is 5.69 Å². The maximum atomic E-state index is 3.88. The fourth-order valence-electron chi connectivity index (χ4n) is 1.71. The summed E-state index contributed by atoms with van der Waals surface area (Å²) in [5.74, 6) is 2.26. The summed E-state index contributed by atoms with van der Waals surface area (Å²) in [5, 5.41) is 6.60. The number of nitrogens with zero attached hydrogens (tertiary/aromatic N) is 1. The monoisotopic (exact) mass is 361 g/mol. The molecule has 130 valence electrons. The van der Waals surface area contributed by atoms with Crippen molar-refractivity contribution in [3.8, 4) is 0 Å². The van der Waals surface area contributed by atoms with Crippen LogP contribution in [0.3, 0.4) is 0 Å². The molecule has 24 heavy (non-hydrogen) atoms. The Morgan fingerprint density at radius 3 is 2.29 bits per heavy atom. The fourth-order valence-corrected chi connectivity index (χ4v) is 3.62. The van der Waals surface area contributed by atoms with Gasteiger partial charge in [0.25, 0.3) is 0 Å². The molecule has 0 saturated heterocycles. The molecular weight excluding hydrogens is 334 g/mol. The van der Waals surface area contributed by atoms with Crippen molar-refractivity contribution in [3.63, 3.8) is 0 Å². The van der Waals surface area contributed by atoms with Crippen LogP contribution in [0.2, 0.25) is 0 Å². The maximum Gasteiger partial charge on any atom is 0.0340 e. The van der Waals surface area contributed by atoms with Gasteiger partial charge in [-0.3, -0.25) is 4.99 Å². The first-order valence-electron chi connectivity index (χ1n) is 8.02. The minimum absolute atomic E-state index is 0.989. The molecule has 0 aromatic heterocycles. The molecule has 1 aromatic carbocycles. The Morgan fingerprint density at radius 1 is 0.917 bits per heavy atom. The lowest BCUT2D eigenvalue weighted by atomic mass is 10.2. The van der Waals surface area contributed by atoms with Gasteiger partial charge in [-0.15, -0.1) is 0 Å². The van der Waals surface area contributed by atoms with Crippen LogP contribution in [0.25, 0.3) is 6.08 Å². The van der Waals surface area contributed by atoms with E-state index in [1.165, 1.54) is 11.3 Å². The number of anilines is 1. The second kappa shape index (κ2) is 15.1. The van der Waals surface area contributed by atoms with Crippen LogP contribution in [-0.2, 0) is 0 Å². The molecule has 0 bridgehead atoms. The lowest BCUT2D eigenvalue weighted by Crippen LogP contribution is -2.09. The Balaban J connectivity index is 2.23. The predicted molar refractivity (Wildman–Crippen MR) is 116 cm³/mol. The number of rotatable bonds is 12. The highest BCUT2D eigenvalue weighted by atomic mass is 33.1. The highest BCUT2D eigenvalue weighted by Crippen LogP contribution is 2.20. The van der Waals surface area contributed by atoms with Crippen LogP contribution >= 0.6 is 21.6 Å². The number of hydrogen-bond acceptors (Lipinski definition) is 5. The van der Waals surface area contributed by atoms with Gasteiger partial charge < -0.3 is 10.6 Å². The Bertz CT molecular complexity index is 534. The maximum absolute atomic E-state index is 3.88. The van der Waals surface area contributed by atoms with Gasteiger partial charge in [0.05, 0.1) is 0 Å². The number of allylic oxidation sites excluding steroid dienone is 5. The molecule has 0 heterocycles. The van der Waals surface area contributed by atoms with Gasteiger partial charge in [-0.1, -0.05) is 64.1 Å². The lowest BCUT2D eigenvalue weighted by Gasteiger charge is -2.06. The van der Waals surface area contributed by atoms with Gasteiger partial charge in [0.2, 0.25) is 0 Å². The van der Waals surface area contributed by atoms with E-state index in [2.05, 4.69) is 46.0 Å². The topological polar surface area (TPSA) is 36.4 Å². The zero-order valence-electron chi connectivity index (χ0n) is 14.4. The molecule has 0 aliphatic carbocycles. The van der Waals surface area contributed by atoms with Crippen molar-refractivity contribution in [1.82, 2.24) is 5.32 Å². The van der Waals surface area contributed by atoms with Gasteiger partial charge in [0.1, 0.15) is 0 Å². The molecule has 1 rings (SSSR count). The van der Waals surface area contributed by atoms with Gasteiger partial charge in [0, 0.05) is 43.5 Å². The van der Waals surface area contributed by atoms with E-state index in [-0.39, 0.29) is 0 Å². The van der Waals surface area contributed by atoms with Crippen LogP contribution in [-0.4, -0.2) is 44.9 Å². The first-order valence-corrected chi connectivity index (χ1v) is 10.5. The minimum Gasteiger partial charge on any atom is -0.384 e. The number of nitrogens with one attached hydrogen (secondary N) is 2. The van der Waals surface area contributed by atoms with Crippen molar-refractivity contribution in [2.45, 2.75) is 0 Å². The summed E-state index contributed by atoms with van der Waals surface area (Å²) < 4.78 is 0. The Labute approximate surface area is 154 Å². The molecule has 1 aromatic rings. The molecule has 0 aliphatic heterocycles. The summed E-state index contributed by atoms with van der Waals surface area (Å²) in [7, 11) is 7.58. The zero-order valence-corrected chi connectivity index (χ0v) is 16.1. The van der Waals surface area contributed by atoms with Crippen molar-refractivity contribution in [3.05, 3.63) is 60.2 Å². The molecule has 0 amide bonds. The summed E-state index contributed by atoms with van der Waals surface area (Å²) in [6.07, 6.45) is 13.8. The van der Waals surface area contributed by atoms with Crippen LogP contribution in [0.1, 0.15) is 5.56 Å². The second-order valence-corrected chi connectivity index (χ2v) is 7.53. The third-order valence-corrected chi connectivity index (χ3v) is 5.32. The summed E-state index contributed by atoms with van der Waals surface area (Å²) in [6.45, 7) is 2.06. The van der Waals surface area contributed by atoms with Crippen molar-refractivity contribution in [2.24, 2.45) is 4.99 Å². The van der Waals surface area contributed by atoms with Crippen LogP contribution in [0.5, 0.6) is 0 Å². The number of aliphatic imine (C=N–C) groups is 1. The molecule has 5 heteroatoms. The molecule has 0 radical (unpaired) electrons. The summed E-state index contributed by atoms with van der Waals surface area (Å²) in [5.41, 5.74) is 2.37. The summed E-state index contributed by atoms with van der Waals surface area (Å²) in [6, 6.07) is 8.50. The van der Waals surface area contributed by atoms with Crippen molar-refractivity contribution in [1.29, 1.82) is 0 Å². The standard InChI is InChI=1S/C19H27N3S2/c1-20-13-7-5-3-4-6-8-18-9-11-19(12-10-18)22-15-17-24-23-16-14-21-2/h3-13,21-22H,14-17H2,1-2H3/b4-3+,7-5-,8-6+,20-13+. The largest absolute Gasteiger partial charge is 0.384 e. The van der Waals surface area contributed by atoms with Gasteiger partial charge in [-0.2, -0.15) is 0 Å². The number of hydrogen-bond donors (Lipinski definition) is 2. The third kappa shape index (κ3) is 11.2. The Hall–Kier alpha value is -1.43. The normalized spacial score (nSPS) is 12.2. The van der Waals surface area contributed by atoms with E-state index in [1.807, 2.05) is 59.0 Å². The van der Waals surface area contributed by atoms with Crippen molar-refractivity contribution < 1.29 is 0 Å². The average Bonchev–Trinajstić information content (AvgIpc) is 2.61. The summed E-state index contributed by atoms with van der Waals surface area (Å²) >= 11 is 0. The van der Waals surface area contributed by atoms with Gasteiger partial charge >= 0.3 is 0 Å². The van der Waals surface area contributed by atoms with Crippen LogP contribution in [0, 0.1) is 0 Å². The molecule has 2 N–H and O–H groups in total. The molecule has 0 fully saturated rings. The Kier molecular flexibility index (Phi) is 13.0. The molecule has 0 aliphatic rings. The highest BCUT2D eigenvalue weighted by Gasteiger charge is 1.93. The minimum atomic E-state index is 0.989. The van der Waals surface area contributed by atoms with E-state index in [9.17, 15) is 0 Å². The number of benzene rings is 1. The first kappa shape index (κ1) is 20.6. The van der Waals surface area contributed by atoms with Crippen LogP contribution < -0.4 is 10.6 Å². The molecule has 3 nitrogen and oxygen atoms in total. The van der Waals surface area contributed by atoms with Gasteiger partial charge in [-0.05, 0) is 30.8 Å². The third-order valence-electron chi connectivity index (χ3n) is 2.91. The molecule has 0 saturated carbocycles. The first-order chi connectivity index (χ1) is 11.9. The molecule has 0 unspecified atom stereocenters. The van der Waals surface area contributed by atoms with Gasteiger partial charge in [-0.25, -0.2) is 0 Å². The zero-order chi connectivity index (χ0) is 17.3. The van der Waals surface area contributed by atoms with E-state index < -0.39 is 0 Å². The molecule has 0 atom stereocenters.